The summed E-state index contributed by atoms with van der Waals surface area (Å²) in [5.74, 6) is 0.859. The van der Waals surface area contributed by atoms with Crippen LogP contribution in [0.5, 0.6) is 0 Å². The summed E-state index contributed by atoms with van der Waals surface area (Å²) in [4.78, 5) is 2.20. The molecule has 1 aromatic rings. The van der Waals surface area contributed by atoms with Crippen LogP contribution in [0.1, 0.15) is 6.42 Å². The number of aryl methyl sites for hydroxylation is 1. The fourth-order valence-corrected chi connectivity index (χ4v) is 1.67. The summed E-state index contributed by atoms with van der Waals surface area (Å²) in [7, 11) is 3.85. The van der Waals surface area contributed by atoms with Gasteiger partial charge < -0.3 is 10.2 Å². The number of likely N-dealkylation sites (N-methyl/N-ethyl adjacent to an activating group) is 1. The van der Waals surface area contributed by atoms with Crippen molar-refractivity contribution < 1.29 is 0 Å². The molecule has 1 atom stereocenters. The lowest BCUT2D eigenvalue weighted by Gasteiger charge is -2.15. The van der Waals surface area contributed by atoms with Crippen molar-refractivity contribution >= 4 is 5.95 Å². The number of aromatic nitrogens is 4. The lowest BCUT2D eigenvalue weighted by Crippen LogP contribution is -2.30. The zero-order valence-corrected chi connectivity index (χ0v) is 7.93. The van der Waals surface area contributed by atoms with Crippen molar-refractivity contribution in [2.24, 2.45) is 7.05 Å². The maximum Gasteiger partial charge on any atom is 0.245 e. The van der Waals surface area contributed by atoms with Crippen molar-refractivity contribution in [1.82, 2.24) is 25.5 Å². The van der Waals surface area contributed by atoms with Crippen molar-refractivity contribution in [2.45, 2.75) is 12.5 Å². The summed E-state index contributed by atoms with van der Waals surface area (Å²) in [5.41, 5.74) is 0. The van der Waals surface area contributed by atoms with E-state index < -0.39 is 0 Å². The molecule has 6 nitrogen and oxygen atoms in total. The topological polar surface area (TPSA) is 58.9 Å². The molecule has 0 aliphatic carbocycles. The SMILES string of the molecule is CNC1CCN(c2nnnn2C)C1. The van der Waals surface area contributed by atoms with Gasteiger partial charge in [-0.1, -0.05) is 5.10 Å². The smallest absolute Gasteiger partial charge is 0.245 e. The molecule has 0 spiro atoms. The Kier molecular flexibility index (Phi) is 2.13. The van der Waals surface area contributed by atoms with E-state index in [2.05, 4.69) is 25.7 Å². The molecule has 0 saturated carbocycles. The van der Waals surface area contributed by atoms with Gasteiger partial charge in [0.05, 0.1) is 0 Å². The fourth-order valence-electron chi connectivity index (χ4n) is 1.67. The number of hydrogen-bond donors (Lipinski definition) is 1. The summed E-state index contributed by atoms with van der Waals surface area (Å²) in [6.07, 6.45) is 1.16. The average molecular weight is 182 g/mol. The van der Waals surface area contributed by atoms with Crippen LogP contribution in [0.3, 0.4) is 0 Å². The minimum absolute atomic E-state index is 0.566. The number of hydrogen-bond acceptors (Lipinski definition) is 5. The van der Waals surface area contributed by atoms with Crippen LogP contribution < -0.4 is 10.2 Å². The Morgan fingerprint density at radius 3 is 2.92 bits per heavy atom. The minimum atomic E-state index is 0.566. The first-order chi connectivity index (χ1) is 6.31. The Morgan fingerprint density at radius 1 is 1.54 bits per heavy atom. The molecule has 1 aromatic heterocycles. The first kappa shape index (κ1) is 8.43. The normalized spacial score (nSPS) is 22.6. The fraction of sp³-hybridized carbons (Fsp3) is 0.857. The Balaban J connectivity index is 2.08. The molecule has 1 saturated heterocycles. The molecular formula is C7H14N6. The van der Waals surface area contributed by atoms with Crippen LogP contribution in [0.15, 0.2) is 0 Å². The molecule has 0 aromatic carbocycles. The third-order valence-corrected chi connectivity index (χ3v) is 2.48. The van der Waals surface area contributed by atoms with Crippen LogP contribution in [-0.4, -0.2) is 46.4 Å². The van der Waals surface area contributed by atoms with Gasteiger partial charge in [-0.15, -0.1) is 0 Å². The van der Waals surface area contributed by atoms with Crippen LogP contribution in [-0.2, 0) is 7.05 Å². The van der Waals surface area contributed by atoms with Gasteiger partial charge in [0, 0.05) is 26.2 Å². The maximum absolute atomic E-state index is 3.97. The highest BCUT2D eigenvalue weighted by atomic mass is 15.6. The number of anilines is 1. The molecule has 2 heterocycles. The number of nitrogens with one attached hydrogen (secondary N) is 1. The second-order valence-electron chi connectivity index (χ2n) is 3.32. The van der Waals surface area contributed by atoms with E-state index in [0.717, 1.165) is 25.5 Å². The lowest BCUT2D eigenvalue weighted by molar-refractivity contribution is 0.614. The van der Waals surface area contributed by atoms with Gasteiger partial charge in [-0.25, -0.2) is 4.68 Å². The molecule has 2 rings (SSSR count). The largest absolute Gasteiger partial charge is 0.338 e. The highest BCUT2D eigenvalue weighted by molar-refractivity contribution is 5.30. The van der Waals surface area contributed by atoms with E-state index in [9.17, 15) is 0 Å². The Hall–Kier alpha value is -1.17. The third kappa shape index (κ3) is 1.49. The molecule has 13 heavy (non-hydrogen) atoms. The molecule has 0 bridgehead atoms. The second kappa shape index (κ2) is 3.29. The first-order valence-corrected chi connectivity index (χ1v) is 4.46. The highest BCUT2D eigenvalue weighted by Crippen LogP contribution is 2.15. The Labute approximate surface area is 76.9 Å². The lowest BCUT2D eigenvalue weighted by atomic mass is 10.3. The van der Waals surface area contributed by atoms with E-state index in [0.29, 0.717) is 6.04 Å². The van der Waals surface area contributed by atoms with Gasteiger partial charge >= 0.3 is 0 Å². The molecule has 1 fully saturated rings. The zero-order valence-electron chi connectivity index (χ0n) is 7.93. The standard InChI is InChI=1S/C7H14N6/c1-8-6-3-4-13(5-6)7-9-10-11-12(7)2/h6,8H,3-5H2,1-2H3. The zero-order chi connectivity index (χ0) is 9.26. The molecule has 0 radical (unpaired) electrons. The van der Waals surface area contributed by atoms with Gasteiger partial charge in [-0.05, 0) is 23.9 Å². The van der Waals surface area contributed by atoms with Crippen molar-refractivity contribution in [3.8, 4) is 0 Å². The van der Waals surface area contributed by atoms with Gasteiger partial charge in [-0.2, -0.15) is 0 Å². The van der Waals surface area contributed by atoms with Gasteiger partial charge in [0.25, 0.3) is 0 Å². The van der Waals surface area contributed by atoms with Crippen molar-refractivity contribution in [3.05, 3.63) is 0 Å². The van der Waals surface area contributed by atoms with Crippen LogP contribution >= 0.6 is 0 Å². The molecular weight excluding hydrogens is 168 g/mol. The van der Waals surface area contributed by atoms with Crippen LogP contribution in [0.25, 0.3) is 0 Å². The van der Waals surface area contributed by atoms with E-state index in [-0.39, 0.29) is 0 Å². The van der Waals surface area contributed by atoms with Crippen LogP contribution in [0, 0.1) is 0 Å². The van der Waals surface area contributed by atoms with Crippen molar-refractivity contribution in [1.29, 1.82) is 0 Å². The summed E-state index contributed by atoms with van der Waals surface area (Å²) in [5, 5.41) is 14.6. The van der Waals surface area contributed by atoms with E-state index in [1.54, 1.807) is 4.68 Å². The Bertz CT molecular complexity index is 282. The van der Waals surface area contributed by atoms with Crippen LogP contribution in [0.4, 0.5) is 5.95 Å². The summed E-state index contributed by atoms with van der Waals surface area (Å²) in [6, 6.07) is 0.566. The second-order valence-corrected chi connectivity index (χ2v) is 3.32. The summed E-state index contributed by atoms with van der Waals surface area (Å²) < 4.78 is 1.71. The third-order valence-electron chi connectivity index (χ3n) is 2.48. The van der Waals surface area contributed by atoms with Crippen molar-refractivity contribution in [3.63, 3.8) is 0 Å². The summed E-state index contributed by atoms with van der Waals surface area (Å²) >= 11 is 0. The number of nitrogens with zero attached hydrogens (tertiary/aromatic N) is 5. The van der Waals surface area contributed by atoms with Crippen LogP contribution in [0.2, 0.25) is 0 Å². The van der Waals surface area contributed by atoms with E-state index in [1.807, 2.05) is 14.1 Å². The van der Waals surface area contributed by atoms with Gasteiger partial charge in [-0.3, -0.25) is 0 Å². The van der Waals surface area contributed by atoms with Gasteiger partial charge in [0.15, 0.2) is 0 Å². The minimum Gasteiger partial charge on any atom is -0.338 e. The molecule has 1 N–H and O–H groups in total. The van der Waals surface area contributed by atoms with Gasteiger partial charge in [0.2, 0.25) is 5.95 Å². The summed E-state index contributed by atoms with van der Waals surface area (Å²) in [6.45, 7) is 2.02. The number of tetrazole rings is 1. The van der Waals surface area contributed by atoms with E-state index in [1.165, 1.54) is 0 Å². The average Bonchev–Trinajstić information content (AvgIpc) is 2.71. The van der Waals surface area contributed by atoms with E-state index >= 15 is 0 Å². The predicted molar refractivity (Wildman–Crippen MR) is 48.5 cm³/mol. The Morgan fingerprint density at radius 2 is 2.38 bits per heavy atom. The van der Waals surface area contributed by atoms with Crippen molar-refractivity contribution in [2.75, 3.05) is 25.0 Å². The molecule has 1 aliphatic heterocycles. The first-order valence-electron chi connectivity index (χ1n) is 4.46. The highest BCUT2D eigenvalue weighted by Gasteiger charge is 2.24. The maximum atomic E-state index is 3.97. The number of rotatable bonds is 2. The molecule has 1 unspecified atom stereocenters. The molecule has 0 amide bonds. The molecule has 6 heteroatoms. The monoisotopic (exact) mass is 182 g/mol. The molecule has 72 valence electrons. The predicted octanol–water partition coefficient (Wildman–Crippen LogP) is -0.992. The van der Waals surface area contributed by atoms with Gasteiger partial charge in [0.1, 0.15) is 0 Å². The molecule has 1 aliphatic rings. The van der Waals surface area contributed by atoms with E-state index in [4.69, 9.17) is 0 Å². The quantitative estimate of drug-likeness (QED) is 0.636.